The fourth-order valence-electron chi connectivity index (χ4n) is 3.61. The fourth-order valence-corrected chi connectivity index (χ4v) is 3.78. The van der Waals surface area contributed by atoms with E-state index in [1.165, 1.54) is 37.0 Å². The van der Waals surface area contributed by atoms with E-state index in [0.29, 0.717) is 0 Å². The number of hydrogen-bond donors (Lipinski definition) is 1. The molecule has 1 aliphatic rings. The zero-order chi connectivity index (χ0) is 14.2. The van der Waals surface area contributed by atoms with Gasteiger partial charge in [0.15, 0.2) is 0 Å². The molecule has 1 aromatic heterocycles. The number of rotatable bonds is 3. The molecule has 4 heteroatoms. The first-order valence-electron chi connectivity index (χ1n) is 7.49. The third-order valence-electron chi connectivity index (χ3n) is 4.52. The van der Waals surface area contributed by atoms with E-state index < -0.39 is 0 Å². The first-order valence-corrected chi connectivity index (χ1v) is 7.87. The van der Waals surface area contributed by atoms with Gasteiger partial charge < -0.3 is 9.88 Å². The average molecular weight is 292 g/mol. The number of aromatic nitrogens is 2. The molecule has 0 radical (unpaired) electrons. The Balaban J connectivity index is 2.13. The van der Waals surface area contributed by atoms with Gasteiger partial charge in [-0.2, -0.15) is 0 Å². The summed E-state index contributed by atoms with van der Waals surface area (Å²) in [4.78, 5) is 4.93. The number of halogens is 1. The van der Waals surface area contributed by atoms with E-state index in [0.717, 1.165) is 23.6 Å². The molecule has 1 unspecified atom stereocenters. The molecule has 20 heavy (non-hydrogen) atoms. The Morgan fingerprint density at radius 1 is 1.45 bits per heavy atom. The van der Waals surface area contributed by atoms with E-state index in [1.54, 1.807) is 0 Å². The third-order valence-corrected chi connectivity index (χ3v) is 4.75. The molecule has 1 aromatic carbocycles. The molecule has 1 fully saturated rings. The van der Waals surface area contributed by atoms with Crippen molar-refractivity contribution in [2.24, 2.45) is 7.05 Å². The van der Waals surface area contributed by atoms with Crippen LogP contribution >= 0.6 is 11.6 Å². The average Bonchev–Trinajstić information content (AvgIpc) is 2.77. The van der Waals surface area contributed by atoms with Crippen molar-refractivity contribution in [1.82, 2.24) is 14.9 Å². The molecule has 0 bridgehead atoms. The summed E-state index contributed by atoms with van der Waals surface area (Å²) in [5, 5.41) is 4.32. The minimum absolute atomic E-state index is 0.174. The van der Waals surface area contributed by atoms with Crippen molar-refractivity contribution in [3.8, 4) is 0 Å². The van der Waals surface area contributed by atoms with Gasteiger partial charge in [-0.1, -0.05) is 24.9 Å². The Bertz CT molecular complexity index is 606. The van der Waals surface area contributed by atoms with Crippen molar-refractivity contribution in [2.45, 2.75) is 38.0 Å². The second kappa shape index (κ2) is 5.38. The second-order valence-corrected chi connectivity index (χ2v) is 6.37. The van der Waals surface area contributed by atoms with Crippen LogP contribution in [0.1, 0.15) is 38.4 Å². The van der Waals surface area contributed by atoms with Gasteiger partial charge in [-0.25, -0.2) is 4.98 Å². The first kappa shape index (κ1) is 13.9. The predicted molar refractivity (Wildman–Crippen MR) is 84.4 cm³/mol. The van der Waals surface area contributed by atoms with Crippen LogP contribution in [-0.2, 0) is 12.5 Å². The Kier molecular flexibility index (Phi) is 3.74. The first-order chi connectivity index (χ1) is 9.66. The highest BCUT2D eigenvalue weighted by Crippen LogP contribution is 2.36. The van der Waals surface area contributed by atoms with Gasteiger partial charge in [-0.05, 0) is 44.0 Å². The molecular formula is C16H22ClN3. The van der Waals surface area contributed by atoms with Crippen LogP contribution in [0.5, 0.6) is 0 Å². The van der Waals surface area contributed by atoms with Crippen LogP contribution in [0, 0.1) is 0 Å². The fraction of sp³-hybridized carbons (Fsp3) is 0.562. The molecule has 2 aromatic rings. The van der Waals surface area contributed by atoms with Gasteiger partial charge in [0.1, 0.15) is 5.82 Å². The summed E-state index contributed by atoms with van der Waals surface area (Å²) in [6.07, 6.45) is 4.82. The highest BCUT2D eigenvalue weighted by Gasteiger charge is 2.37. The van der Waals surface area contributed by atoms with Gasteiger partial charge in [-0.15, -0.1) is 0 Å². The van der Waals surface area contributed by atoms with E-state index in [-0.39, 0.29) is 5.41 Å². The summed E-state index contributed by atoms with van der Waals surface area (Å²) >= 11 is 6.10. The van der Waals surface area contributed by atoms with Gasteiger partial charge in [0.2, 0.25) is 0 Å². The van der Waals surface area contributed by atoms with Crippen LogP contribution in [0.2, 0.25) is 5.02 Å². The molecule has 3 rings (SSSR count). The van der Waals surface area contributed by atoms with Gasteiger partial charge in [0.05, 0.1) is 11.0 Å². The predicted octanol–water partition coefficient (Wildman–Crippen LogP) is 3.65. The van der Waals surface area contributed by atoms with Crippen molar-refractivity contribution >= 4 is 22.6 Å². The lowest BCUT2D eigenvalue weighted by molar-refractivity contribution is 0.271. The molecule has 1 saturated heterocycles. The van der Waals surface area contributed by atoms with Crippen LogP contribution in [-0.4, -0.2) is 22.6 Å². The summed E-state index contributed by atoms with van der Waals surface area (Å²) in [5.41, 5.74) is 2.36. The van der Waals surface area contributed by atoms with Crippen molar-refractivity contribution in [3.05, 3.63) is 29.0 Å². The van der Waals surface area contributed by atoms with E-state index in [1.807, 2.05) is 12.1 Å². The number of imidazole rings is 1. The zero-order valence-corrected chi connectivity index (χ0v) is 13.0. The summed E-state index contributed by atoms with van der Waals surface area (Å²) in [7, 11) is 2.13. The van der Waals surface area contributed by atoms with Crippen LogP contribution < -0.4 is 5.32 Å². The van der Waals surface area contributed by atoms with Crippen molar-refractivity contribution < 1.29 is 0 Å². The van der Waals surface area contributed by atoms with Crippen LogP contribution in [0.3, 0.4) is 0 Å². The van der Waals surface area contributed by atoms with E-state index >= 15 is 0 Å². The molecule has 1 N–H and O–H groups in total. The lowest BCUT2D eigenvalue weighted by Gasteiger charge is -2.37. The summed E-state index contributed by atoms with van der Waals surface area (Å²) in [6, 6.07) is 5.99. The zero-order valence-electron chi connectivity index (χ0n) is 12.2. The van der Waals surface area contributed by atoms with Crippen LogP contribution in [0.4, 0.5) is 0 Å². The molecule has 0 amide bonds. The number of aryl methyl sites for hydroxylation is 1. The molecule has 1 aliphatic heterocycles. The summed E-state index contributed by atoms with van der Waals surface area (Å²) in [5.74, 6) is 1.21. The lowest BCUT2D eigenvalue weighted by atomic mass is 9.76. The number of fused-ring (bicyclic) bond motifs is 1. The number of hydrogen-bond acceptors (Lipinski definition) is 2. The summed E-state index contributed by atoms with van der Waals surface area (Å²) in [6.45, 7) is 4.42. The number of nitrogens with one attached hydrogen (secondary N) is 1. The number of benzene rings is 1. The van der Waals surface area contributed by atoms with Gasteiger partial charge >= 0.3 is 0 Å². The second-order valence-electron chi connectivity index (χ2n) is 5.94. The molecule has 2 heterocycles. The van der Waals surface area contributed by atoms with Gasteiger partial charge in [-0.3, -0.25) is 0 Å². The molecule has 1 atom stereocenters. The standard InChI is InChI=1S/C16H22ClN3/c1-3-7-16(8-4-9-18-11-16)15-19-13-10-12(17)5-6-14(13)20(15)2/h5-6,10,18H,3-4,7-9,11H2,1-2H3. The Morgan fingerprint density at radius 3 is 3.00 bits per heavy atom. The Morgan fingerprint density at radius 2 is 2.30 bits per heavy atom. The van der Waals surface area contributed by atoms with E-state index in [4.69, 9.17) is 16.6 Å². The molecule has 0 spiro atoms. The molecule has 108 valence electrons. The third kappa shape index (κ3) is 2.23. The largest absolute Gasteiger partial charge is 0.331 e. The molecule has 3 nitrogen and oxygen atoms in total. The van der Waals surface area contributed by atoms with E-state index in [9.17, 15) is 0 Å². The van der Waals surface area contributed by atoms with E-state index in [2.05, 4.69) is 29.9 Å². The minimum atomic E-state index is 0.174. The smallest absolute Gasteiger partial charge is 0.117 e. The Hall–Kier alpha value is -1.06. The number of piperidine rings is 1. The highest BCUT2D eigenvalue weighted by atomic mass is 35.5. The van der Waals surface area contributed by atoms with Crippen molar-refractivity contribution in [1.29, 1.82) is 0 Å². The normalized spacial score (nSPS) is 23.4. The van der Waals surface area contributed by atoms with Gasteiger partial charge in [0.25, 0.3) is 0 Å². The molecule has 0 aliphatic carbocycles. The van der Waals surface area contributed by atoms with Crippen molar-refractivity contribution in [2.75, 3.05) is 13.1 Å². The molecular weight excluding hydrogens is 270 g/mol. The summed E-state index contributed by atoms with van der Waals surface area (Å²) < 4.78 is 2.26. The SMILES string of the molecule is CCCC1(c2nc3cc(Cl)ccc3n2C)CCCNC1. The minimum Gasteiger partial charge on any atom is -0.331 e. The van der Waals surface area contributed by atoms with Gasteiger partial charge in [0, 0.05) is 24.0 Å². The van der Waals surface area contributed by atoms with Crippen LogP contribution in [0.15, 0.2) is 18.2 Å². The maximum absolute atomic E-state index is 6.10. The monoisotopic (exact) mass is 291 g/mol. The lowest BCUT2D eigenvalue weighted by Crippen LogP contribution is -2.44. The maximum Gasteiger partial charge on any atom is 0.117 e. The topological polar surface area (TPSA) is 29.9 Å². The maximum atomic E-state index is 6.10. The van der Waals surface area contributed by atoms with Crippen LogP contribution in [0.25, 0.3) is 11.0 Å². The highest BCUT2D eigenvalue weighted by molar-refractivity contribution is 6.31. The number of nitrogens with zero attached hydrogens (tertiary/aromatic N) is 2. The van der Waals surface area contributed by atoms with Crippen molar-refractivity contribution in [3.63, 3.8) is 0 Å². The Labute approximate surface area is 125 Å². The molecule has 0 saturated carbocycles. The quantitative estimate of drug-likeness (QED) is 0.935.